The van der Waals surface area contributed by atoms with Crippen molar-refractivity contribution in [3.8, 4) is 0 Å². The van der Waals surface area contributed by atoms with Crippen LogP contribution >= 0.6 is 0 Å². The lowest BCUT2D eigenvalue weighted by atomic mass is 10.0. The van der Waals surface area contributed by atoms with Crippen LogP contribution in [0.5, 0.6) is 0 Å². The molecule has 5 nitrogen and oxygen atoms in total. The molecule has 3 aromatic carbocycles. The number of nitrogens with zero attached hydrogens (tertiary/aromatic N) is 1. The van der Waals surface area contributed by atoms with E-state index in [0.29, 0.717) is 17.3 Å². The van der Waals surface area contributed by atoms with Gasteiger partial charge in [-0.2, -0.15) is 0 Å². The Bertz CT molecular complexity index is 1200. The van der Waals surface area contributed by atoms with Crippen LogP contribution in [0.2, 0.25) is 0 Å². The number of nitrogens with one attached hydrogen (secondary N) is 1. The van der Waals surface area contributed by atoms with E-state index in [2.05, 4.69) is 27.8 Å². The van der Waals surface area contributed by atoms with E-state index in [0.717, 1.165) is 25.7 Å². The minimum Gasteiger partial charge on any atom is -0.329 e. The number of hydrogen-bond acceptors (Lipinski definition) is 3. The SMILES string of the molecule is O=C(c1ccc(NS(=O)(=O)c2ccccc2)cc1)N(C1CC1)C1CCc2ccccc21. The second-order valence-electron chi connectivity index (χ2n) is 8.19. The van der Waals surface area contributed by atoms with Crippen LogP contribution in [0.1, 0.15) is 46.8 Å². The van der Waals surface area contributed by atoms with Gasteiger partial charge in [0.05, 0.1) is 10.9 Å². The van der Waals surface area contributed by atoms with E-state index in [4.69, 9.17) is 0 Å². The van der Waals surface area contributed by atoms with Gasteiger partial charge >= 0.3 is 0 Å². The summed E-state index contributed by atoms with van der Waals surface area (Å²) in [7, 11) is -3.66. The van der Waals surface area contributed by atoms with Gasteiger partial charge in [0, 0.05) is 17.3 Å². The first kappa shape index (κ1) is 19.8. The van der Waals surface area contributed by atoms with Crippen molar-refractivity contribution in [1.29, 1.82) is 0 Å². The van der Waals surface area contributed by atoms with Gasteiger partial charge in [-0.05, 0) is 73.2 Å². The van der Waals surface area contributed by atoms with Crippen LogP contribution < -0.4 is 4.72 Å². The largest absolute Gasteiger partial charge is 0.329 e. The average molecular weight is 433 g/mol. The van der Waals surface area contributed by atoms with E-state index in [9.17, 15) is 13.2 Å². The van der Waals surface area contributed by atoms with E-state index in [-0.39, 0.29) is 16.8 Å². The highest BCUT2D eigenvalue weighted by Gasteiger charge is 2.40. The molecule has 0 spiro atoms. The van der Waals surface area contributed by atoms with Gasteiger partial charge in [0.1, 0.15) is 0 Å². The van der Waals surface area contributed by atoms with Crippen molar-refractivity contribution in [2.24, 2.45) is 0 Å². The van der Waals surface area contributed by atoms with Gasteiger partial charge in [-0.3, -0.25) is 9.52 Å². The van der Waals surface area contributed by atoms with Crippen molar-refractivity contribution in [1.82, 2.24) is 4.90 Å². The van der Waals surface area contributed by atoms with Gasteiger partial charge in [0.25, 0.3) is 15.9 Å². The maximum atomic E-state index is 13.4. The molecule has 0 heterocycles. The smallest absolute Gasteiger partial charge is 0.261 e. The Labute approximate surface area is 182 Å². The molecule has 1 saturated carbocycles. The van der Waals surface area contributed by atoms with Gasteiger partial charge in [0.2, 0.25) is 0 Å². The second kappa shape index (κ2) is 7.85. The zero-order valence-corrected chi connectivity index (χ0v) is 17.9. The highest BCUT2D eigenvalue weighted by atomic mass is 32.2. The molecule has 2 aliphatic rings. The number of fused-ring (bicyclic) bond motifs is 1. The quantitative estimate of drug-likeness (QED) is 0.610. The number of rotatable bonds is 6. The number of hydrogen-bond donors (Lipinski definition) is 1. The standard InChI is InChI=1S/C25H24N2O3S/c28-25(27(21-15-16-21)24-17-12-18-6-4-5-9-23(18)24)19-10-13-20(14-11-19)26-31(29,30)22-7-2-1-3-8-22/h1-11,13-14,21,24,26H,12,15-17H2. The number of amides is 1. The Morgan fingerprint density at radius 3 is 2.23 bits per heavy atom. The van der Waals surface area contributed by atoms with Crippen molar-refractivity contribution in [2.75, 3.05) is 4.72 Å². The lowest BCUT2D eigenvalue weighted by molar-refractivity contribution is 0.0658. The summed E-state index contributed by atoms with van der Waals surface area (Å²) in [5, 5.41) is 0. The summed E-state index contributed by atoms with van der Waals surface area (Å²) in [6.45, 7) is 0. The first-order valence-electron chi connectivity index (χ1n) is 10.6. The Hall–Kier alpha value is -3.12. The fraction of sp³-hybridized carbons (Fsp3) is 0.240. The highest BCUT2D eigenvalue weighted by molar-refractivity contribution is 7.92. The molecule has 1 amide bonds. The topological polar surface area (TPSA) is 66.5 Å². The molecule has 1 unspecified atom stereocenters. The number of aryl methyl sites for hydroxylation is 1. The molecule has 0 aromatic heterocycles. The Morgan fingerprint density at radius 1 is 0.839 bits per heavy atom. The fourth-order valence-corrected chi connectivity index (χ4v) is 5.46. The lowest BCUT2D eigenvalue weighted by Crippen LogP contribution is -2.36. The molecule has 0 saturated heterocycles. The van der Waals surface area contributed by atoms with E-state index >= 15 is 0 Å². The van der Waals surface area contributed by atoms with Gasteiger partial charge in [-0.1, -0.05) is 42.5 Å². The molecule has 1 N–H and O–H groups in total. The maximum Gasteiger partial charge on any atom is 0.261 e. The Kier molecular flexibility index (Phi) is 5.02. The number of benzene rings is 3. The van der Waals surface area contributed by atoms with E-state index in [1.807, 2.05) is 6.07 Å². The van der Waals surface area contributed by atoms with Gasteiger partial charge in [-0.25, -0.2) is 8.42 Å². The molecule has 0 radical (unpaired) electrons. The zero-order chi connectivity index (χ0) is 21.4. The predicted octanol–water partition coefficient (Wildman–Crippen LogP) is 4.78. The fourth-order valence-electron chi connectivity index (χ4n) is 4.38. The molecular formula is C25H24N2O3S. The first-order valence-corrected chi connectivity index (χ1v) is 12.1. The summed E-state index contributed by atoms with van der Waals surface area (Å²) in [4.78, 5) is 15.7. The van der Waals surface area contributed by atoms with Crippen molar-refractivity contribution in [2.45, 2.75) is 42.7 Å². The predicted molar refractivity (Wildman–Crippen MR) is 120 cm³/mol. The number of carbonyl (C=O) groups excluding carboxylic acids is 1. The van der Waals surface area contributed by atoms with Crippen LogP contribution in [-0.2, 0) is 16.4 Å². The summed E-state index contributed by atoms with van der Waals surface area (Å²) in [5.41, 5.74) is 3.61. The van der Waals surface area contributed by atoms with Gasteiger partial charge < -0.3 is 4.90 Å². The van der Waals surface area contributed by atoms with E-state index < -0.39 is 10.0 Å². The molecular weight excluding hydrogens is 408 g/mol. The molecule has 3 aromatic rings. The first-order chi connectivity index (χ1) is 15.0. The summed E-state index contributed by atoms with van der Waals surface area (Å²) in [6.07, 6.45) is 4.03. The van der Waals surface area contributed by atoms with Crippen molar-refractivity contribution >= 4 is 21.6 Å². The molecule has 0 bridgehead atoms. The third kappa shape index (κ3) is 3.95. The normalized spacial score (nSPS) is 17.7. The molecule has 158 valence electrons. The Morgan fingerprint density at radius 2 is 1.52 bits per heavy atom. The number of sulfonamides is 1. The Balaban J connectivity index is 1.36. The molecule has 1 fully saturated rings. The lowest BCUT2D eigenvalue weighted by Gasteiger charge is -2.30. The number of anilines is 1. The molecule has 31 heavy (non-hydrogen) atoms. The zero-order valence-electron chi connectivity index (χ0n) is 17.1. The van der Waals surface area contributed by atoms with Gasteiger partial charge in [-0.15, -0.1) is 0 Å². The van der Waals surface area contributed by atoms with E-state index in [1.165, 1.54) is 11.1 Å². The summed E-state index contributed by atoms with van der Waals surface area (Å²) in [6, 6.07) is 23.8. The monoisotopic (exact) mass is 432 g/mol. The van der Waals surface area contributed by atoms with Crippen LogP contribution in [0, 0.1) is 0 Å². The average Bonchev–Trinajstić information content (AvgIpc) is 3.54. The third-order valence-corrected chi connectivity index (χ3v) is 7.45. The number of carbonyl (C=O) groups is 1. The molecule has 6 heteroatoms. The molecule has 0 aliphatic heterocycles. The summed E-state index contributed by atoms with van der Waals surface area (Å²) < 4.78 is 27.6. The molecule has 1 atom stereocenters. The molecule has 2 aliphatic carbocycles. The van der Waals surface area contributed by atoms with Crippen LogP contribution in [-0.4, -0.2) is 25.3 Å². The van der Waals surface area contributed by atoms with Crippen molar-refractivity contribution in [3.63, 3.8) is 0 Å². The van der Waals surface area contributed by atoms with Crippen LogP contribution in [0.15, 0.2) is 83.8 Å². The summed E-state index contributed by atoms with van der Waals surface area (Å²) >= 11 is 0. The second-order valence-corrected chi connectivity index (χ2v) is 9.88. The summed E-state index contributed by atoms with van der Waals surface area (Å²) in [5.74, 6) is 0.0154. The minimum absolute atomic E-state index is 0.0154. The maximum absolute atomic E-state index is 13.4. The van der Waals surface area contributed by atoms with Crippen LogP contribution in [0.25, 0.3) is 0 Å². The third-order valence-electron chi connectivity index (χ3n) is 6.05. The molecule has 5 rings (SSSR count). The van der Waals surface area contributed by atoms with Crippen LogP contribution in [0.4, 0.5) is 5.69 Å². The van der Waals surface area contributed by atoms with Crippen molar-refractivity contribution in [3.05, 3.63) is 95.6 Å². The highest BCUT2D eigenvalue weighted by Crippen LogP contribution is 2.42. The van der Waals surface area contributed by atoms with Crippen LogP contribution in [0.3, 0.4) is 0 Å². The van der Waals surface area contributed by atoms with Crippen molar-refractivity contribution < 1.29 is 13.2 Å². The minimum atomic E-state index is -3.66. The van der Waals surface area contributed by atoms with E-state index in [1.54, 1.807) is 54.6 Å². The van der Waals surface area contributed by atoms with Gasteiger partial charge in [0.15, 0.2) is 0 Å².